The predicted molar refractivity (Wildman–Crippen MR) is 138 cm³/mol. The predicted octanol–water partition coefficient (Wildman–Crippen LogP) is 6.64. The molecule has 0 bridgehead atoms. The fraction of sp³-hybridized carbons (Fsp3) is 0.192. The van der Waals surface area contributed by atoms with Crippen molar-refractivity contribution in [3.05, 3.63) is 93.1 Å². The van der Waals surface area contributed by atoms with Crippen LogP contribution in [-0.4, -0.2) is 25.2 Å². The second kappa shape index (κ2) is 9.96. The number of hydrogen-bond acceptors (Lipinski definition) is 4. The van der Waals surface area contributed by atoms with Crippen LogP contribution in [0, 0.1) is 5.82 Å². The van der Waals surface area contributed by atoms with Crippen molar-refractivity contribution in [3.8, 4) is 0 Å². The van der Waals surface area contributed by atoms with Crippen molar-refractivity contribution in [2.75, 3.05) is 11.9 Å². The summed E-state index contributed by atoms with van der Waals surface area (Å²) in [6.45, 7) is 0.176. The first kappa shape index (κ1) is 26.6. The Morgan fingerprint density at radius 3 is 2.61 bits per heavy atom. The van der Waals surface area contributed by atoms with E-state index >= 15 is 0 Å². The summed E-state index contributed by atoms with van der Waals surface area (Å²) < 4.78 is 82.6. The number of benzene rings is 3. The maximum absolute atomic E-state index is 14.4. The van der Waals surface area contributed by atoms with E-state index < -0.39 is 45.5 Å². The Labute approximate surface area is 224 Å². The summed E-state index contributed by atoms with van der Waals surface area (Å²) in [6.07, 6.45) is -5.29. The van der Waals surface area contributed by atoms with Crippen LogP contribution in [0.1, 0.15) is 22.3 Å². The second-order valence-corrected chi connectivity index (χ2v) is 12.0. The third-order valence-electron chi connectivity index (χ3n) is 6.38. The summed E-state index contributed by atoms with van der Waals surface area (Å²) in [5, 5.41) is 5.04. The highest BCUT2D eigenvalue weighted by Gasteiger charge is 2.35. The van der Waals surface area contributed by atoms with Gasteiger partial charge in [-0.1, -0.05) is 48.0 Å². The fourth-order valence-corrected chi connectivity index (χ4v) is 7.64. The number of alkyl halides is 3. The van der Waals surface area contributed by atoms with Gasteiger partial charge in [-0.25, -0.2) is 12.8 Å². The fourth-order valence-electron chi connectivity index (χ4n) is 4.53. The number of carbonyl (C=O) groups is 1. The normalized spacial score (nSPS) is 14.4. The molecule has 0 spiro atoms. The smallest absolute Gasteiger partial charge is 0.324 e. The largest absolute Gasteiger partial charge is 0.419 e. The molecular weight excluding hydrogens is 564 g/mol. The van der Waals surface area contributed by atoms with Crippen LogP contribution < -0.4 is 5.32 Å². The van der Waals surface area contributed by atoms with Gasteiger partial charge in [0.2, 0.25) is 15.9 Å². The van der Waals surface area contributed by atoms with E-state index in [0.717, 1.165) is 16.8 Å². The molecule has 1 amide bonds. The highest BCUT2D eigenvalue weighted by Crippen LogP contribution is 2.37. The molecule has 0 aliphatic carbocycles. The van der Waals surface area contributed by atoms with Gasteiger partial charge in [0.1, 0.15) is 10.7 Å². The van der Waals surface area contributed by atoms with Gasteiger partial charge in [-0.05, 0) is 41.3 Å². The van der Waals surface area contributed by atoms with Gasteiger partial charge in [-0.2, -0.15) is 17.5 Å². The Balaban J connectivity index is 1.38. The number of carbonyl (C=O) groups excluding carboxylic acids is 1. The number of hydrogen-bond donors (Lipinski definition) is 1. The van der Waals surface area contributed by atoms with Gasteiger partial charge in [-0.3, -0.25) is 4.79 Å². The summed E-state index contributed by atoms with van der Waals surface area (Å²) in [5.74, 6) is -2.25. The molecule has 5 nitrogen and oxygen atoms in total. The molecule has 4 aromatic rings. The van der Waals surface area contributed by atoms with E-state index in [1.54, 1.807) is 23.6 Å². The first-order valence-electron chi connectivity index (χ1n) is 11.4. The molecule has 0 atom stereocenters. The lowest BCUT2D eigenvalue weighted by molar-refractivity contribution is -0.140. The zero-order valence-electron chi connectivity index (χ0n) is 19.5. The van der Waals surface area contributed by atoms with Gasteiger partial charge in [0.15, 0.2) is 0 Å². The van der Waals surface area contributed by atoms with Gasteiger partial charge in [-0.15, -0.1) is 11.3 Å². The monoisotopic (exact) mass is 582 g/mol. The number of amides is 1. The van der Waals surface area contributed by atoms with Gasteiger partial charge in [0, 0.05) is 28.6 Å². The van der Waals surface area contributed by atoms with Crippen LogP contribution >= 0.6 is 22.9 Å². The molecule has 0 radical (unpaired) electrons. The quantitative estimate of drug-likeness (QED) is 0.268. The number of fused-ring (bicyclic) bond motifs is 2. The molecule has 0 saturated carbocycles. The maximum Gasteiger partial charge on any atom is 0.419 e. The van der Waals surface area contributed by atoms with Crippen LogP contribution in [0.15, 0.2) is 64.9 Å². The van der Waals surface area contributed by atoms with Crippen molar-refractivity contribution in [3.63, 3.8) is 0 Å². The molecule has 1 aromatic heterocycles. The average molecular weight is 583 g/mol. The van der Waals surface area contributed by atoms with Crippen molar-refractivity contribution >= 4 is 54.6 Å². The Kier molecular flexibility index (Phi) is 6.97. The number of sulfonamides is 1. The van der Waals surface area contributed by atoms with E-state index in [1.807, 2.05) is 12.1 Å². The minimum Gasteiger partial charge on any atom is -0.324 e. The van der Waals surface area contributed by atoms with E-state index in [4.69, 9.17) is 11.6 Å². The van der Waals surface area contributed by atoms with Crippen LogP contribution in [0.25, 0.3) is 10.1 Å². The van der Waals surface area contributed by atoms with Gasteiger partial charge >= 0.3 is 6.18 Å². The third kappa shape index (κ3) is 4.91. The minimum atomic E-state index is -4.89. The van der Waals surface area contributed by atoms with Crippen LogP contribution in [0.2, 0.25) is 5.02 Å². The van der Waals surface area contributed by atoms with Crippen molar-refractivity contribution in [1.82, 2.24) is 4.31 Å². The van der Waals surface area contributed by atoms with Gasteiger partial charge in [0.05, 0.1) is 22.7 Å². The minimum absolute atomic E-state index is 0.0458. The maximum atomic E-state index is 14.4. The highest BCUT2D eigenvalue weighted by atomic mass is 35.5. The lowest BCUT2D eigenvalue weighted by atomic mass is 9.98. The Hall–Kier alpha value is -2.99. The molecule has 1 aliphatic rings. The molecule has 0 saturated heterocycles. The van der Waals surface area contributed by atoms with Crippen molar-refractivity contribution in [2.24, 2.45) is 0 Å². The zero-order valence-corrected chi connectivity index (χ0v) is 21.9. The van der Waals surface area contributed by atoms with E-state index in [9.17, 15) is 30.8 Å². The Morgan fingerprint density at radius 2 is 1.84 bits per heavy atom. The molecule has 1 aliphatic heterocycles. The molecule has 5 rings (SSSR count). The molecule has 1 N–H and O–H groups in total. The molecule has 38 heavy (non-hydrogen) atoms. The van der Waals surface area contributed by atoms with Crippen LogP contribution in [0.3, 0.4) is 0 Å². The standard InChI is InChI=1S/C26H19ClF4N2O3S2/c27-20-9-8-16-13-33(38(35,36)22-14-37-21-7-2-1-5-18(21)22)11-10-17(16)25(20)32-23(34)12-15-4-3-6-19(24(15)28)26(29,30)31/h1-9,14H,10-13H2,(H,32,34). The number of nitrogens with one attached hydrogen (secondary N) is 1. The third-order valence-corrected chi connectivity index (χ3v) is 9.69. The first-order chi connectivity index (χ1) is 18.0. The van der Waals surface area contributed by atoms with Crippen molar-refractivity contribution in [2.45, 2.75) is 30.5 Å². The molecule has 0 unspecified atom stereocenters. The van der Waals surface area contributed by atoms with Crippen molar-refractivity contribution in [1.29, 1.82) is 0 Å². The number of thiophene rings is 1. The Morgan fingerprint density at radius 1 is 1.08 bits per heavy atom. The van der Waals surface area contributed by atoms with Gasteiger partial charge < -0.3 is 5.32 Å². The van der Waals surface area contributed by atoms with E-state index in [-0.39, 0.29) is 35.1 Å². The molecular formula is C26H19ClF4N2O3S2. The van der Waals surface area contributed by atoms with Crippen molar-refractivity contribution < 1.29 is 30.8 Å². The average Bonchev–Trinajstić information content (AvgIpc) is 3.31. The molecule has 198 valence electrons. The number of nitrogens with zero attached hydrogens (tertiary/aromatic N) is 1. The second-order valence-electron chi connectivity index (χ2n) is 8.75. The number of anilines is 1. The summed E-state index contributed by atoms with van der Waals surface area (Å²) in [7, 11) is -3.81. The zero-order chi connectivity index (χ0) is 27.2. The van der Waals surface area contributed by atoms with Crippen LogP contribution in [0.5, 0.6) is 0 Å². The van der Waals surface area contributed by atoms with Crippen LogP contribution in [0.4, 0.5) is 23.2 Å². The molecule has 12 heteroatoms. The lowest BCUT2D eigenvalue weighted by Gasteiger charge is -2.29. The topological polar surface area (TPSA) is 66.5 Å². The van der Waals surface area contributed by atoms with E-state index in [1.165, 1.54) is 21.7 Å². The molecule has 2 heterocycles. The summed E-state index contributed by atoms with van der Waals surface area (Å²) in [5.41, 5.74) is -0.364. The highest BCUT2D eigenvalue weighted by molar-refractivity contribution is 7.89. The lowest BCUT2D eigenvalue weighted by Crippen LogP contribution is -2.36. The number of halogens is 5. The SMILES string of the molecule is O=C(Cc1cccc(C(F)(F)F)c1F)Nc1c(Cl)ccc2c1CCN(S(=O)(=O)c1csc3ccccc13)C2. The summed E-state index contributed by atoms with van der Waals surface area (Å²) in [6, 6.07) is 13.2. The van der Waals surface area contributed by atoms with E-state index in [2.05, 4.69) is 5.32 Å². The first-order valence-corrected chi connectivity index (χ1v) is 14.1. The molecule has 0 fully saturated rings. The Bertz CT molecular complexity index is 1670. The summed E-state index contributed by atoms with van der Waals surface area (Å²) in [4.78, 5) is 12.9. The van der Waals surface area contributed by atoms with Crippen LogP contribution in [-0.2, 0) is 40.4 Å². The summed E-state index contributed by atoms with van der Waals surface area (Å²) >= 11 is 7.67. The van der Waals surface area contributed by atoms with Gasteiger partial charge in [0.25, 0.3) is 0 Å². The number of rotatable bonds is 5. The molecule has 3 aromatic carbocycles. The van der Waals surface area contributed by atoms with E-state index in [0.29, 0.717) is 22.6 Å².